The molecule has 1 aliphatic carbocycles. The van der Waals surface area contributed by atoms with E-state index in [4.69, 9.17) is 15.2 Å². The van der Waals surface area contributed by atoms with Crippen LogP contribution in [0.25, 0.3) is 0 Å². The number of carbonyl (C=O) groups is 1. The molecule has 5 nitrogen and oxygen atoms in total. The highest BCUT2D eigenvalue weighted by molar-refractivity contribution is 6.04. The van der Waals surface area contributed by atoms with Gasteiger partial charge >= 0.3 is 0 Å². The van der Waals surface area contributed by atoms with Gasteiger partial charge in [0.15, 0.2) is 11.5 Å². The lowest BCUT2D eigenvalue weighted by molar-refractivity contribution is -0.0716. The average molecular weight is 310 g/mol. The first-order chi connectivity index (χ1) is 11.1. The highest BCUT2D eigenvalue weighted by Gasteiger charge is 2.44. The third kappa shape index (κ3) is 2.59. The Morgan fingerprint density at radius 1 is 1.00 bits per heavy atom. The molecular formula is C18H18N2O3. The summed E-state index contributed by atoms with van der Waals surface area (Å²) < 4.78 is 12.0. The van der Waals surface area contributed by atoms with Gasteiger partial charge in [0.25, 0.3) is 11.7 Å². The monoisotopic (exact) mass is 310 g/mol. The number of nitrogens with two attached hydrogens (primary N) is 1. The molecule has 0 aromatic heterocycles. The Balaban J connectivity index is 1.51. The van der Waals surface area contributed by atoms with Crippen molar-refractivity contribution in [2.75, 3.05) is 11.1 Å². The van der Waals surface area contributed by atoms with Gasteiger partial charge in [-0.25, -0.2) is 0 Å². The summed E-state index contributed by atoms with van der Waals surface area (Å²) >= 11 is 0. The lowest BCUT2D eigenvalue weighted by Gasteiger charge is -2.21. The molecule has 118 valence electrons. The maximum atomic E-state index is 12.3. The number of hydrogen-bond donors (Lipinski definition) is 2. The van der Waals surface area contributed by atoms with E-state index in [9.17, 15) is 4.79 Å². The summed E-state index contributed by atoms with van der Waals surface area (Å²) in [6, 6.07) is 12.3. The van der Waals surface area contributed by atoms with Crippen molar-refractivity contribution in [3.8, 4) is 11.5 Å². The molecule has 4 rings (SSSR count). The molecule has 23 heavy (non-hydrogen) atoms. The number of anilines is 2. The van der Waals surface area contributed by atoms with E-state index in [-0.39, 0.29) is 5.91 Å². The van der Waals surface area contributed by atoms with Gasteiger partial charge in [0.05, 0.1) is 0 Å². The van der Waals surface area contributed by atoms with E-state index in [1.807, 2.05) is 18.2 Å². The third-order valence-electron chi connectivity index (χ3n) is 4.33. The number of nitrogen functional groups attached to an aromatic ring is 1. The molecule has 0 bridgehead atoms. The maximum absolute atomic E-state index is 12.3. The molecule has 1 saturated carbocycles. The fourth-order valence-electron chi connectivity index (χ4n) is 3.13. The molecule has 2 aromatic carbocycles. The number of hydrogen-bond acceptors (Lipinski definition) is 4. The molecule has 1 spiro atoms. The van der Waals surface area contributed by atoms with Crippen molar-refractivity contribution < 1.29 is 14.3 Å². The summed E-state index contributed by atoms with van der Waals surface area (Å²) in [5, 5.41) is 2.87. The highest BCUT2D eigenvalue weighted by Crippen LogP contribution is 2.47. The Kier molecular flexibility index (Phi) is 3.15. The second kappa shape index (κ2) is 5.19. The molecular weight excluding hydrogens is 292 g/mol. The second-order valence-electron chi connectivity index (χ2n) is 6.06. The summed E-state index contributed by atoms with van der Waals surface area (Å²) in [4.78, 5) is 12.3. The highest BCUT2D eigenvalue weighted by atomic mass is 16.7. The van der Waals surface area contributed by atoms with E-state index in [0.29, 0.717) is 22.7 Å². The Morgan fingerprint density at radius 3 is 2.43 bits per heavy atom. The van der Waals surface area contributed by atoms with Crippen LogP contribution in [-0.2, 0) is 0 Å². The minimum atomic E-state index is -0.484. The Labute approximate surface area is 134 Å². The van der Waals surface area contributed by atoms with Gasteiger partial charge in [-0.15, -0.1) is 0 Å². The SMILES string of the molecule is Nc1ccc(C(=O)Nc2ccc3c(c2)OC2(CCCC2)O3)cc1. The normalized spacial score (nSPS) is 17.4. The van der Waals surface area contributed by atoms with Crippen LogP contribution < -0.4 is 20.5 Å². The summed E-state index contributed by atoms with van der Waals surface area (Å²) in [7, 11) is 0. The first kappa shape index (κ1) is 13.9. The van der Waals surface area contributed by atoms with Gasteiger partial charge in [0.1, 0.15) is 0 Å². The predicted octanol–water partition coefficient (Wildman–Crippen LogP) is 3.56. The lowest BCUT2D eigenvalue weighted by atomic mass is 10.2. The molecule has 2 aromatic rings. The summed E-state index contributed by atoms with van der Waals surface area (Å²) in [5.41, 5.74) is 7.51. The fourth-order valence-corrected chi connectivity index (χ4v) is 3.13. The number of benzene rings is 2. The quantitative estimate of drug-likeness (QED) is 0.832. The van der Waals surface area contributed by atoms with E-state index in [2.05, 4.69) is 5.32 Å². The molecule has 1 fully saturated rings. The number of nitrogens with one attached hydrogen (secondary N) is 1. The van der Waals surface area contributed by atoms with Crippen molar-refractivity contribution in [3.63, 3.8) is 0 Å². The van der Waals surface area contributed by atoms with Crippen molar-refractivity contribution in [3.05, 3.63) is 48.0 Å². The van der Waals surface area contributed by atoms with Gasteiger partial charge in [-0.3, -0.25) is 4.79 Å². The van der Waals surface area contributed by atoms with Crippen molar-refractivity contribution in [2.24, 2.45) is 0 Å². The molecule has 1 amide bonds. The Bertz CT molecular complexity index is 749. The van der Waals surface area contributed by atoms with E-state index in [1.54, 1.807) is 24.3 Å². The molecule has 3 N–H and O–H groups in total. The van der Waals surface area contributed by atoms with Crippen LogP contribution in [0.5, 0.6) is 11.5 Å². The minimum absolute atomic E-state index is 0.181. The third-order valence-corrected chi connectivity index (χ3v) is 4.33. The molecule has 0 unspecified atom stereocenters. The number of fused-ring (bicyclic) bond motifs is 1. The van der Waals surface area contributed by atoms with Crippen LogP contribution in [-0.4, -0.2) is 11.7 Å². The van der Waals surface area contributed by atoms with E-state index in [1.165, 1.54) is 0 Å². The van der Waals surface area contributed by atoms with Gasteiger partial charge in [-0.1, -0.05) is 0 Å². The average Bonchev–Trinajstić information content (AvgIpc) is 3.14. The van der Waals surface area contributed by atoms with Crippen LogP contribution in [0.1, 0.15) is 36.0 Å². The number of rotatable bonds is 2. The van der Waals surface area contributed by atoms with Gasteiger partial charge in [-0.2, -0.15) is 0 Å². The Hall–Kier alpha value is -2.69. The van der Waals surface area contributed by atoms with E-state index < -0.39 is 5.79 Å². The summed E-state index contributed by atoms with van der Waals surface area (Å²) in [6.07, 6.45) is 4.06. The standard InChI is InChI=1S/C18H18N2O3/c19-13-5-3-12(4-6-13)17(21)20-14-7-8-15-16(11-14)23-18(22-15)9-1-2-10-18/h3-8,11H,1-2,9-10,19H2,(H,20,21). The first-order valence-electron chi connectivity index (χ1n) is 7.83. The van der Waals surface area contributed by atoms with Crippen LogP contribution in [0.15, 0.2) is 42.5 Å². The van der Waals surface area contributed by atoms with Gasteiger partial charge in [0.2, 0.25) is 0 Å². The van der Waals surface area contributed by atoms with Crippen LogP contribution in [0.4, 0.5) is 11.4 Å². The fraction of sp³-hybridized carbons (Fsp3) is 0.278. The lowest BCUT2D eigenvalue weighted by Crippen LogP contribution is -2.34. The summed E-state index contributed by atoms with van der Waals surface area (Å²) in [6.45, 7) is 0. The van der Waals surface area contributed by atoms with Gasteiger partial charge in [0, 0.05) is 35.8 Å². The summed E-state index contributed by atoms with van der Waals surface area (Å²) in [5.74, 6) is 0.779. The zero-order valence-electron chi connectivity index (χ0n) is 12.7. The topological polar surface area (TPSA) is 73.6 Å². The first-order valence-corrected chi connectivity index (χ1v) is 7.83. The van der Waals surface area contributed by atoms with Crippen molar-refractivity contribution in [2.45, 2.75) is 31.5 Å². The van der Waals surface area contributed by atoms with Crippen LogP contribution >= 0.6 is 0 Å². The molecule has 5 heteroatoms. The largest absolute Gasteiger partial charge is 0.448 e. The minimum Gasteiger partial charge on any atom is -0.448 e. The van der Waals surface area contributed by atoms with Gasteiger partial charge < -0.3 is 20.5 Å². The molecule has 1 heterocycles. The van der Waals surface area contributed by atoms with Crippen molar-refractivity contribution in [1.82, 2.24) is 0 Å². The molecule has 2 aliphatic rings. The molecule has 0 radical (unpaired) electrons. The van der Waals surface area contributed by atoms with E-state index in [0.717, 1.165) is 31.4 Å². The van der Waals surface area contributed by atoms with Crippen molar-refractivity contribution in [1.29, 1.82) is 0 Å². The van der Waals surface area contributed by atoms with E-state index >= 15 is 0 Å². The van der Waals surface area contributed by atoms with Crippen molar-refractivity contribution >= 4 is 17.3 Å². The van der Waals surface area contributed by atoms with Crippen LogP contribution in [0.2, 0.25) is 0 Å². The Morgan fingerprint density at radius 2 is 1.70 bits per heavy atom. The second-order valence-corrected chi connectivity index (χ2v) is 6.06. The molecule has 1 aliphatic heterocycles. The predicted molar refractivity (Wildman–Crippen MR) is 87.7 cm³/mol. The smallest absolute Gasteiger partial charge is 0.255 e. The number of ether oxygens (including phenoxy) is 2. The number of amides is 1. The maximum Gasteiger partial charge on any atom is 0.255 e. The zero-order chi connectivity index (χ0) is 15.9. The van der Waals surface area contributed by atoms with Gasteiger partial charge in [-0.05, 0) is 49.2 Å². The van der Waals surface area contributed by atoms with Crippen LogP contribution in [0.3, 0.4) is 0 Å². The zero-order valence-corrected chi connectivity index (χ0v) is 12.7. The molecule has 0 atom stereocenters. The number of carbonyl (C=O) groups excluding carboxylic acids is 1. The van der Waals surface area contributed by atoms with Crippen LogP contribution in [0, 0.1) is 0 Å². The molecule has 0 saturated heterocycles.